The predicted octanol–water partition coefficient (Wildman–Crippen LogP) is 6.47. The third-order valence-electron chi connectivity index (χ3n) is 5.83. The highest BCUT2D eigenvalue weighted by Gasteiger charge is 2.26. The van der Waals surface area contributed by atoms with Crippen LogP contribution < -0.4 is 5.32 Å². The number of benzene rings is 2. The minimum atomic E-state index is -1.17. The molecule has 1 unspecified atom stereocenters. The Kier molecular flexibility index (Phi) is 8.93. The fraction of sp³-hybridized carbons (Fsp3) is 0.462. The van der Waals surface area contributed by atoms with Crippen molar-refractivity contribution in [3.63, 3.8) is 0 Å². The lowest BCUT2D eigenvalue weighted by molar-refractivity contribution is -0.184. The van der Waals surface area contributed by atoms with Gasteiger partial charge in [0.25, 0.3) is 0 Å². The third-order valence-corrected chi connectivity index (χ3v) is 5.83. The molecule has 0 fully saturated rings. The van der Waals surface area contributed by atoms with E-state index >= 15 is 4.39 Å². The second kappa shape index (κ2) is 11.2. The van der Waals surface area contributed by atoms with Crippen LogP contribution in [-0.2, 0) is 14.5 Å². The van der Waals surface area contributed by atoms with Crippen molar-refractivity contribution in [2.45, 2.75) is 66.8 Å². The van der Waals surface area contributed by atoms with Gasteiger partial charge in [-0.1, -0.05) is 45.4 Å². The van der Waals surface area contributed by atoms with E-state index in [4.69, 9.17) is 0 Å². The van der Waals surface area contributed by atoms with Gasteiger partial charge >= 0.3 is 5.97 Å². The second-order valence-electron chi connectivity index (χ2n) is 9.05. The molecule has 0 aromatic heterocycles. The van der Waals surface area contributed by atoms with Crippen LogP contribution in [0.1, 0.15) is 68.3 Å². The van der Waals surface area contributed by atoms with E-state index in [1.54, 1.807) is 26.0 Å². The van der Waals surface area contributed by atoms with Crippen LogP contribution in [-0.4, -0.2) is 11.9 Å². The van der Waals surface area contributed by atoms with Crippen LogP contribution in [0.2, 0.25) is 0 Å². The summed E-state index contributed by atoms with van der Waals surface area (Å²) in [6.45, 7) is 11.5. The number of aryl methyl sites for hydroxylation is 3. The van der Waals surface area contributed by atoms with Crippen LogP contribution in [0.3, 0.4) is 0 Å². The largest absolute Gasteiger partial charge is 0.351 e. The number of hydrogen-bond donors (Lipinski definition) is 1. The first kappa shape index (κ1) is 25.5. The zero-order chi connectivity index (χ0) is 24.0. The van der Waals surface area contributed by atoms with Gasteiger partial charge < -0.3 is 5.32 Å². The van der Waals surface area contributed by atoms with E-state index in [9.17, 15) is 14.1 Å². The van der Waals surface area contributed by atoms with Crippen molar-refractivity contribution in [2.24, 2.45) is 11.8 Å². The first-order valence-corrected chi connectivity index (χ1v) is 11.0. The molecular formula is C26H33F2NO3. The topological polar surface area (TPSA) is 55.4 Å². The lowest BCUT2D eigenvalue weighted by Gasteiger charge is -2.23. The summed E-state index contributed by atoms with van der Waals surface area (Å²) in [5.41, 5.74) is 4.29. The summed E-state index contributed by atoms with van der Waals surface area (Å²) in [5, 5.41) is 2.75. The van der Waals surface area contributed by atoms with Gasteiger partial charge in [0, 0.05) is 16.0 Å². The van der Waals surface area contributed by atoms with Gasteiger partial charge in [-0.2, -0.15) is 0 Å². The Morgan fingerprint density at radius 2 is 1.62 bits per heavy atom. The van der Waals surface area contributed by atoms with Gasteiger partial charge in [0.15, 0.2) is 0 Å². The molecule has 0 heterocycles. The SMILES string of the molecule is Cc1cc(-c2c(C)cccc2C)cc([C@H](CC(=O)OF)NC(=O)C(C)CCC(C)C)c1F. The van der Waals surface area contributed by atoms with E-state index in [1.165, 1.54) is 0 Å². The fourth-order valence-electron chi connectivity index (χ4n) is 3.93. The molecule has 6 heteroatoms. The van der Waals surface area contributed by atoms with E-state index in [1.807, 2.05) is 32.0 Å². The molecule has 174 valence electrons. The minimum absolute atomic E-state index is 0.137. The summed E-state index contributed by atoms with van der Waals surface area (Å²) in [6, 6.07) is 8.21. The van der Waals surface area contributed by atoms with Crippen molar-refractivity contribution in [1.82, 2.24) is 5.32 Å². The molecule has 2 rings (SSSR count). The lowest BCUT2D eigenvalue weighted by atomic mass is 9.90. The number of carbonyl (C=O) groups excluding carboxylic acids is 2. The van der Waals surface area contributed by atoms with Crippen LogP contribution in [0.15, 0.2) is 30.3 Å². The van der Waals surface area contributed by atoms with Gasteiger partial charge in [0.05, 0.1) is 12.5 Å². The standard InChI is InChI=1S/C26H33F2NO3/c1-15(2)10-11-18(5)26(31)29-22(14-23(30)32-28)21-13-20(12-19(6)25(21)27)24-16(3)8-7-9-17(24)4/h7-9,12-13,15,18,22H,10-11,14H2,1-6H3,(H,29,31)/t18?,22-/m0/s1. The zero-order valence-electron chi connectivity index (χ0n) is 19.7. The van der Waals surface area contributed by atoms with Crippen molar-refractivity contribution in [3.8, 4) is 11.1 Å². The van der Waals surface area contributed by atoms with E-state index in [0.717, 1.165) is 28.7 Å². The molecule has 32 heavy (non-hydrogen) atoms. The zero-order valence-corrected chi connectivity index (χ0v) is 19.7. The van der Waals surface area contributed by atoms with Gasteiger partial charge in [0.2, 0.25) is 5.91 Å². The highest BCUT2D eigenvalue weighted by molar-refractivity contribution is 5.80. The van der Waals surface area contributed by atoms with Crippen LogP contribution in [0.25, 0.3) is 11.1 Å². The summed E-state index contributed by atoms with van der Waals surface area (Å²) in [7, 11) is 0. The van der Waals surface area contributed by atoms with Crippen LogP contribution in [0.5, 0.6) is 0 Å². The monoisotopic (exact) mass is 445 g/mol. The molecule has 2 atom stereocenters. The molecule has 0 aliphatic heterocycles. The van der Waals surface area contributed by atoms with Crippen LogP contribution in [0.4, 0.5) is 8.92 Å². The number of amides is 1. The Hall–Kier alpha value is -2.76. The van der Waals surface area contributed by atoms with Crippen molar-refractivity contribution >= 4 is 11.9 Å². The van der Waals surface area contributed by atoms with Crippen molar-refractivity contribution < 1.29 is 23.4 Å². The van der Waals surface area contributed by atoms with Crippen LogP contribution in [0, 0.1) is 38.4 Å². The highest BCUT2D eigenvalue weighted by Crippen LogP contribution is 2.33. The molecule has 2 aromatic carbocycles. The molecule has 0 spiro atoms. The molecule has 4 nitrogen and oxygen atoms in total. The molecule has 1 amide bonds. The first-order valence-electron chi connectivity index (χ1n) is 11.0. The molecule has 1 N–H and O–H groups in total. The Bertz CT molecular complexity index is 952. The molecular weight excluding hydrogens is 412 g/mol. The third kappa shape index (κ3) is 6.38. The minimum Gasteiger partial charge on any atom is -0.348 e. The van der Waals surface area contributed by atoms with E-state index in [-0.39, 0.29) is 17.4 Å². The maximum atomic E-state index is 15.2. The van der Waals surface area contributed by atoms with Crippen molar-refractivity contribution in [1.29, 1.82) is 0 Å². The smallest absolute Gasteiger partial charge is 0.348 e. The highest BCUT2D eigenvalue weighted by atomic mass is 19.3. The van der Waals surface area contributed by atoms with Crippen molar-refractivity contribution in [3.05, 3.63) is 58.4 Å². The van der Waals surface area contributed by atoms with Gasteiger partial charge in [-0.25, -0.2) is 9.18 Å². The average molecular weight is 446 g/mol. The number of nitrogens with one attached hydrogen (secondary N) is 1. The van der Waals surface area contributed by atoms with E-state index in [0.29, 0.717) is 17.9 Å². The molecule has 2 aromatic rings. The van der Waals surface area contributed by atoms with Gasteiger partial charge in [-0.3, -0.25) is 9.74 Å². The summed E-state index contributed by atoms with van der Waals surface area (Å²) in [6.07, 6.45) is 1.01. The van der Waals surface area contributed by atoms with Crippen LogP contribution >= 0.6 is 0 Å². The quantitative estimate of drug-likeness (QED) is 0.482. The Labute approximate surface area is 189 Å². The Morgan fingerprint density at radius 1 is 1.00 bits per heavy atom. The normalized spacial score (nSPS) is 13.0. The predicted molar refractivity (Wildman–Crippen MR) is 122 cm³/mol. The van der Waals surface area contributed by atoms with E-state index in [2.05, 4.69) is 24.1 Å². The Morgan fingerprint density at radius 3 is 2.19 bits per heavy atom. The fourth-order valence-corrected chi connectivity index (χ4v) is 3.93. The number of carbonyl (C=O) groups is 2. The van der Waals surface area contributed by atoms with Crippen molar-refractivity contribution in [2.75, 3.05) is 0 Å². The number of halogens is 2. The molecule has 0 saturated carbocycles. The number of hydrogen-bond acceptors (Lipinski definition) is 3. The maximum absolute atomic E-state index is 15.2. The molecule has 0 bridgehead atoms. The molecule has 0 saturated heterocycles. The summed E-state index contributed by atoms with van der Waals surface area (Å²) >= 11 is 0. The molecule has 0 aliphatic carbocycles. The molecule has 0 radical (unpaired) electrons. The van der Waals surface area contributed by atoms with Gasteiger partial charge in [-0.05, 0) is 73.1 Å². The average Bonchev–Trinajstić information content (AvgIpc) is 2.73. The second-order valence-corrected chi connectivity index (χ2v) is 9.05. The lowest BCUT2D eigenvalue weighted by Crippen LogP contribution is -2.35. The molecule has 0 aliphatic rings. The maximum Gasteiger partial charge on any atom is 0.351 e. The van der Waals surface area contributed by atoms with Gasteiger partial charge in [0.1, 0.15) is 5.82 Å². The van der Waals surface area contributed by atoms with E-state index < -0.39 is 24.2 Å². The Balaban J connectivity index is 2.47. The summed E-state index contributed by atoms with van der Waals surface area (Å²) in [4.78, 5) is 27.9. The van der Waals surface area contributed by atoms with Gasteiger partial charge in [-0.15, -0.1) is 0 Å². The number of rotatable bonds is 9. The first-order chi connectivity index (χ1) is 15.0. The summed E-state index contributed by atoms with van der Waals surface area (Å²) < 4.78 is 27.8. The summed E-state index contributed by atoms with van der Waals surface area (Å²) in [5.74, 6) is -1.90.